The first kappa shape index (κ1) is 13.1. The summed E-state index contributed by atoms with van der Waals surface area (Å²) in [5.74, 6) is 0. The summed E-state index contributed by atoms with van der Waals surface area (Å²) < 4.78 is 1.92. The third kappa shape index (κ3) is 3.32. The van der Waals surface area contributed by atoms with Gasteiger partial charge in [0.25, 0.3) is 0 Å². The van der Waals surface area contributed by atoms with E-state index >= 15 is 0 Å². The Morgan fingerprint density at radius 3 is 2.71 bits per heavy atom. The van der Waals surface area contributed by atoms with Crippen molar-refractivity contribution in [1.29, 1.82) is 0 Å². The van der Waals surface area contributed by atoms with Crippen LogP contribution in [-0.2, 0) is 6.42 Å². The molecule has 2 N–H and O–H groups in total. The molecule has 4 heteroatoms. The zero-order valence-corrected chi connectivity index (χ0v) is 12.6. The number of thiophene rings is 1. The van der Waals surface area contributed by atoms with E-state index in [1.54, 1.807) is 11.3 Å². The maximum absolute atomic E-state index is 6.20. The van der Waals surface area contributed by atoms with Gasteiger partial charge in [-0.25, -0.2) is 0 Å². The number of halogens is 2. The SMILES string of the molecule is Cc1ccc(C(N)Cc2ccc(Cl)s2)cc1Br. The normalized spacial score (nSPS) is 12.7. The van der Waals surface area contributed by atoms with Gasteiger partial charge in [-0.2, -0.15) is 0 Å². The summed E-state index contributed by atoms with van der Waals surface area (Å²) >= 11 is 11.0. The highest BCUT2D eigenvalue weighted by Gasteiger charge is 2.09. The number of nitrogens with two attached hydrogens (primary N) is 1. The maximum atomic E-state index is 6.20. The number of hydrogen-bond donors (Lipinski definition) is 1. The molecule has 1 nitrogen and oxygen atoms in total. The smallest absolute Gasteiger partial charge is 0.0931 e. The first-order chi connectivity index (χ1) is 8.06. The van der Waals surface area contributed by atoms with Crippen molar-refractivity contribution in [1.82, 2.24) is 0 Å². The summed E-state index contributed by atoms with van der Waals surface area (Å²) in [6, 6.07) is 10.2. The van der Waals surface area contributed by atoms with Crippen molar-refractivity contribution in [3.63, 3.8) is 0 Å². The molecule has 0 radical (unpaired) electrons. The van der Waals surface area contributed by atoms with Crippen LogP contribution in [0.15, 0.2) is 34.8 Å². The second-order valence-corrected chi connectivity index (χ2v) is 6.68. The molecule has 1 aromatic heterocycles. The van der Waals surface area contributed by atoms with Gasteiger partial charge in [0.05, 0.1) is 4.34 Å². The zero-order valence-electron chi connectivity index (χ0n) is 9.41. The molecule has 17 heavy (non-hydrogen) atoms. The van der Waals surface area contributed by atoms with Crippen LogP contribution in [0.25, 0.3) is 0 Å². The van der Waals surface area contributed by atoms with Gasteiger partial charge in [-0.15, -0.1) is 11.3 Å². The minimum atomic E-state index is 0.0154. The van der Waals surface area contributed by atoms with E-state index in [4.69, 9.17) is 17.3 Å². The first-order valence-electron chi connectivity index (χ1n) is 5.32. The number of hydrogen-bond acceptors (Lipinski definition) is 2. The van der Waals surface area contributed by atoms with Crippen molar-refractivity contribution in [3.8, 4) is 0 Å². The molecule has 0 spiro atoms. The fraction of sp³-hybridized carbons (Fsp3) is 0.231. The quantitative estimate of drug-likeness (QED) is 0.866. The lowest BCUT2D eigenvalue weighted by Gasteiger charge is -2.12. The largest absolute Gasteiger partial charge is 0.324 e. The number of aryl methyl sites for hydroxylation is 1. The van der Waals surface area contributed by atoms with Crippen molar-refractivity contribution >= 4 is 38.9 Å². The van der Waals surface area contributed by atoms with E-state index in [0.29, 0.717) is 0 Å². The first-order valence-corrected chi connectivity index (χ1v) is 7.31. The lowest BCUT2D eigenvalue weighted by atomic mass is 10.0. The molecule has 0 aliphatic carbocycles. The highest BCUT2D eigenvalue weighted by atomic mass is 79.9. The molecule has 1 heterocycles. The molecule has 0 saturated carbocycles. The Morgan fingerprint density at radius 1 is 1.35 bits per heavy atom. The summed E-state index contributed by atoms with van der Waals surface area (Å²) in [6.07, 6.45) is 0.826. The summed E-state index contributed by atoms with van der Waals surface area (Å²) in [4.78, 5) is 1.22. The van der Waals surface area contributed by atoms with Crippen molar-refractivity contribution in [2.45, 2.75) is 19.4 Å². The van der Waals surface area contributed by atoms with Gasteiger partial charge in [-0.3, -0.25) is 0 Å². The van der Waals surface area contributed by atoms with Gasteiger partial charge in [-0.1, -0.05) is 39.7 Å². The van der Waals surface area contributed by atoms with Gasteiger partial charge in [0.1, 0.15) is 0 Å². The Kier molecular flexibility index (Phi) is 4.26. The number of benzene rings is 1. The molecule has 0 fully saturated rings. The summed E-state index contributed by atoms with van der Waals surface area (Å²) in [5, 5.41) is 0. The molecule has 1 unspecified atom stereocenters. The van der Waals surface area contributed by atoms with Crippen LogP contribution in [-0.4, -0.2) is 0 Å². The van der Waals surface area contributed by atoms with E-state index in [1.807, 2.05) is 12.1 Å². The van der Waals surface area contributed by atoms with E-state index in [-0.39, 0.29) is 6.04 Å². The molecule has 2 aromatic rings. The lowest BCUT2D eigenvalue weighted by Crippen LogP contribution is -2.12. The third-order valence-corrected chi connectivity index (χ3v) is 4.78. The van der Waals surface area contributed by atoms with Gasteiger partial charge in [0.2, 0.25) is 0 Å². The molecule has 1 aromatic carbocycles. The van der Waals surface area contributed by atoms with Crippen molar-refractivity contribution in [2.24, 2.45) is 5.73 Å². The van der Waals surface area contributed by atoms with Crippen molar-refractivity contribution in [2.75, 3.05) is 0 Å². The van der Waals surface area contributed by atoms with Gasteiger partial charge in [0.15, 0.2) is 0 Å². The Hall–Kier alpha value is -0.350. The highest BCUT2D eigenvalue weighted by molar-refractivity contribution is 9.10. The summed E-state index contributed by atoms with van der Waals surface area (Å²) in [6.45, 7) is 2.07. The predicted octanol–water partition coefficient (Wildman–Crippen LogP) is 4.71. The van der Waals surface area contributed by atoms with Crippen LogP contribution in [0.2, 0.25) is 4.34 Å². The average molecular weight is 331 g/mol. The fourth-order valence-electron chi connectivity index (χ4n) is 1.64. The molecule has 90 valence electrons. The molecule has 0 amide bonds. The molecule has 0 bridgehead atoms. The topological polar surface area (TPSA) is 26.0 Å². The zero-order chi connectivity index (χ0) is 12.4. The number of rotatable bonds is 3. The van der Waals surface area contributed by atoms with Crippen molar-refractivity contribution < 1.29 is 0 Å². The fourth-order valence-corrected chi connectivity index (χ4v) is 3.18. The molecule has 1 atom stereocenters. The molecule has 0 aliphatic rings. The third-order valence-electron chi connectivity index (χ3n) is 2.67. The van der Waals surface area contributed by atoms with Gasteiger partial charge in [-0.05, 0) is 36.2 Å². The Balaban J connectivity index is 2.14. The Bertz CT molecular complexity index is 524. The Labute approximate surface area is 119 Å². The van der Waals surface area contributed by atoms with E-state index in [2.05, 4.69) is 41.1 Å². The van der Waals surface area contributed by atoms with Gasteiger partial charge in [0, 0.05) is 21.8 Å². The van der Waals surface area contributed by atoms with E-state index in [0.717, 1.165) is 20.8 Å². The van der Waals surface area contributed by atoms with Gasteiger partial charge < -0.3 is 5.73 Å². The second kappa shape index (κ2) is 5.53. The summed E-state index contributed by atoms with van der Waals surface area (Å²) in [7, 11) is 0. The molecule has 0 aliphatic heterocycles. The van der Waals surface area contributed by atoms with E-state index < -0.39 is 0 Å². The molecular formula is C13H13BrClNS. The molecule has 2 rings (SSSR count). The van der Waals surface area contributed by atoms with Crippen LogP contribution in [0, 0.1) is 6.92 Å². The Morgan fingerprint density at radius 2 is 2.12 bits per heavy atom. The monoisotopic (exact) mass is 329 g/mol. The van der Waals surface area contributed by atoms with Crippen LogP contribution in [0.4, 0.5) is 0 Å². The van der Waals surface area contributed by atoms with Crippen molar-refractivity contribution in [3.05, 3.63) is 55.1 Å². The van der Waals surface area contributed by atoms with Crippen LogP contribution in [0.5, 0.6) is 0 Å². The van der Waals surface area contributed by atoms with Crippen LogP contribution in [0.1, 0.15) is 22.0 Å². The molecular weight excluding hydrogens is 318 g/mol. The van der Waals surface area contributed by atoms with Gasteiger partial charge >= 0.3 is 0 Å². The van der Waals surface area contributed by atoms with Crippen LogP contribution < -0.4 is 5.73 Å². The minimum absolute atomic E-state index is 0.0154. The van der Waals surface area contributed by atoms with Crippen LogP contribution >= 0.6 is 38.9 Å². The average Bonchev–Trinajstić information content (AvgIpc) is 2.68. The van der Waals surface area contributed by atoms with Crippen LogP contribution in [0.3, 0.4) is 0 Å². The summed E-state index contributed by atoms with van der Waals surface area (Å²) in [5.41, 5.74) is 8.57. The van der Waals surface area contributed by atoms with E-state index in [1.165, 1.54) is 10.4 Å². The standard InChI is InChI=1S/C13H13BrClNS/c1-8-2-3-9(6-11(8)14)12(16)7-10-4-5-13(15)17-10/h2-6,12H,7,16H2,1H3. The minimum Gasteiger partial charge on any atom is -0.324 e. The highest BCUT2D eigenvalue weighted by Crippen LogP contribution is 2.27. The molecule has 0 saturated heterocycles. The predicted molar refractivity (Wildman–Crippen MR) is 78.8 cm³/mol. The second-order valence-electron chi connectivity index (χ2n) is 4.03. The maximum Gasteiger partial charge on any atom is 0.0931 e. The lowest BCUT2D eigenvalue weighted by molar-refractivity contribution is 0.729. The van der Waals surface area contributed by atoms with E-state index in [9.17, 15) is 0 Å².